The summed E-state index contributed by atoms with van der Waals surface area (Å²) in [6.45, 7) is 1.76. The highest BCUT2D eigenvalue weighted by molar-refractivity contribution is 5.99. The summed E-state index contributed by atoms with van der Waals surface area (Å²) in [6, 6.07) is 11.9. The summed E-state index contributed by atoms with van der Waals surface area (Å²) in [5, 5.41) is 22.1. The number of anilines is 1. The average molecular weight is 437 g/mol. The van der Waals surface area contributed by atoms with Gasteiger partial charge in [0.05, 0.1) is 30.6 Å². The normalized spacial score (nSPS) is 18.8. The van der Waals surface area contributed by atoms with Crippen LogP contribution in [0, 0.1) is 0 Å². The number of carbonyl (C=O) groups is 3. The van der Waals surface area contributed by atoms with E-state index in [2.05, 4.69) is 10.2 Å². The Morgan fingerprint density at radius 3 is 2.78 bits per heavy atom. The lowest BCUT2D eigenvalue weighted by Gasteiger charge is -2.32. The molecule has 2 heterocycles. The van der Waals surface area contributed by atoms with E-state index in [1.54, 1.807) is 24.1 Å². The number of β-amino-alcohol motifs (C(OH)–C–C–N with tert-alkyl or cyclic N) is 1. The molecule has 0 aromatic heterocycles. The summed E-state index contributed by atoms with van der Waals surface area (Å²) < 4.78 is 0. The second kappa shape index (κ2) is 9.10. The summed E-state index contributed by atoms with van der Waals surface area (Å²) in [5.74, 6) is -1.18. The number of hydrogen-bond acceptors (Lipinski definition) is 5. The summed E-state index contributed by atoms with van der Waals surface area (Å²) in [7, 11) is 1.72. The van der Waals surface area contributed by atoms with Gasteiger partial charge in [-0.1, -0.05) is 24.3 Å². The number of carboxylic acids is 1. The van der Waals surface area contributed by atoms with Crippen molar-refractivity contribution >= 4 is 23.5 Å². The Bertz CT molecular complexity index is 1050. The molecule has 0 aliphatic carbocycles. The molecule has 0 spiro atoms. The molecule has 4 rings (SSSR count). The van der Waals surface area contributed by atoms with E-state index in [-0.39, 0.29) is 35.9 Å². The summed E-state index contributed by atoms with van der Waals surface area (Å²) in [4.78, 5) is 40.0. The number of rotatable bonds is 7. The zero-order chi connectivity index (χ0) is 22.8. The van der Waals surface area contributed by atoms with Gasteiger partial charge in [-0.2, -0.15) is 0 Å². The van der Waals surface area contributed by atoms with Gasteiger partial charge in [-0.25, -0.2) is 4.79 Å². The number of fused-ring (bicyclic) bond motifs is 1. The molecule has 2 aliphatic heterocycles. The quantitative estimate of drug-likeness (QED) is 0.608. The molecule has 2 atom stereocenters. The predicted octanol–water partition coefficient (Wildman–Crippen LogP) is 1.69. The lowest BCUT2D eigenvalue weighted by Crippen LogP contribution is -2.39. The van der Waals surface area contributed by atoms with E-state index in [4.69, 9.17) is 0 Å². The van der Waals surface area contributed by atoms with Crippen molar-refractivity contribution in [3.8, 4) is 0 Å². The molecule has 2 amide bonds. The van der Waals surface area contributed by atoms with Crippen molar-refractivity contribution < 1.29 is 24.6 Å². The van der Waals surface area contributed by atoms with E-state index >= 15 is 0 Å². The molecule has 2 aromatic rings. The number of carbonyl (C=O) groups excluding carboxylic acids is 2. The third-order valence-electron chi connectivity index (χ3n) is 6.21. The number of nitrogens with zero attached hydrogens (tertiary/aromatic N) is 2. The van der Waals surface area contributed by atoms with E-state index in [0.717, 1.165) is 28.9 Å². The molecule has 1 fully saturated rings. The molecule has 168 valence electrons. The second-order valence-electron chi connectivity index (χ2n) is 8.55. The molecule has 8 nitrogen and oxygen atoms in total. The Balaban J connectivity index is 1.55. The van der Waals surface area contributed by atoms with Crippen molar-refractivity contribution in [2.24, 2.45) is 0 Å². The number of amides is 2. The fourth-order valence-corrected chi connectivity index (χ4v) is 4.40. The van der Waals surface area contributed by atoms with Gasteiger partial charge in [0, 0.05) is 32.4 Å². The van der Waals surface area contributed by atoms with Gasteiger partial charge in [-0.15, -0.1) is 0 Å². The van der Waals surface area contributed by atoms with Crippen LogP contribution < -0.4 is 5.32 Å². The van der Waals surface area contributed by atoms with E-state index in [1.807, 2.05) is 24.3 Å². The number of aliphatic hydroxyl groups is 1. The molecule has 1 saturated heterocycles. The first kappa shape index (κ1) is 22.0. The molecule has 2 aliphatic rings. The Labute approximate surface area is 186 Å². The van der Waals surface area contributed by atoms with Crippen molar-refractivity contribution in [3.63, 3.8) is 0 Å². The van der Waals surface area contributed by atoms with Crippen molar-refractivity contribution in [1.29, 1.82) is 0 Å². The number of benzene rings is 2. The van der Waals surface area contributed by atoms with E-state index in [9.17, 15) is 24.6 Å². The van der Waals surface area contributed by atoms with Gasteiger partial charge in [0.1, 0.15) is 0 Å². The Hall–Kier alpha value is -3.23. The standard InChI is InChI=1S/C24H27N3O5/c1-26(23(30)10-15-5-6-16-12-22(29)25-20(16)9-15)21(14-27-8-7-19(28)13-27)17-3-2-4-18(11-17)24(31)32/h2-6,9,11,19,21,28H,7-8,10,12-14H2,1H3,(H,25,29)(H,31,32)/t19-,21+/m0/s1. The first-order valence-corrected chi connectivity index (χ1v) is 10.7. The molecule has 0 saturated carbocycles. The van der Waals surface area contributed by atoms with Gasteiger partial charge in [-0.05, 0) is 41.3 Å². The lowest BCUT2D eigenvalue weighted by atomic mass is 10.0. The monoisotopic (exact) mass is 437 g/mol. The van der Waals surface area contributed by atoms with Crippen molar-refractivity contribution in [1.82, 2.24) is 9.80 Å². The summed E-state index contributed by atoms with van der Waals surface area (Å²) in [5.41, 5.74) is 3.39. The highest BCUT2D eigenvalue weighted by Crippen LogP contribution is 2.27. The number of likely N-dealkylation sites (tertiary alicyclic amines) is 1. The lowest BCUT2D eigenvalue weighted by molar-refractivity contribution is -0.131. The van der Waals surface area contributed by atoms with Crippen LogP contribution >= 0.6 is 0 Å². The van der Waals surface area contributed by atoms with Gasteiger partial charge >= 0.3 is 5.97 Å². The Kier molecular flexibility index (Phi) is 6.25. The number of aromatic carboxylic acids is 1. The molecule has 0 radical (unpaired) electrons. The van der Waals surface area contributed by atoms with Crippen molar-refractivity contribution in [3.05, 3.63) is 64.7 Å². The van der Waals surface area contributed by atoms with Gasteiger partial charge in [0.15, 0.2) is 0 Å². The number of hydrogen-bond donors (Lipinski definition) is 3. The molecule has 3 N–H and O–H groups in total. The highest BCUT2D eigenvalue weighted by atomic mass is 16.4. The molecule has 2 aromatic carbocycles. The first-order chi connectivity index (χ1) is 15.3. The molecule has 0 bridgehead atoms. The van der Waals surface area contributed by atoms with E-state index in [1.165, 1.54) is 6.07 Å². The fraction of sp³-hybridized carbons (Fsp3) is 0.375. The van der Waals surface area contributed by atoms with Crippen molar-refractivity contribution in [2.75, 3.05) is 32.0 Å². The van der Waals surface area contributed by atoms with Gasteiger partial charge in [0.25, 0.3) is 0 Å². The SMILES string of the molecule is CN(C(=O)Cc1ccc2c(c1)NC(=O)C2)[C@H](CN1CC[C@H](O)C1)c1cccc(C(=O)O)c1. The smallest absolute Gasteiger partial charge is 0.335 e. The topological polar surface area (TPSA) is 110 Å². The molecular formula is C24H27N3O5. The van der Waals surface area contributed by atoms with Crippen LogP contribution in [-0.4, -0.2) is 70.6 Å². The third kappa shape index (κ3) is 4.81. The van der Waals surface area contributed by atoms with Crippen LogP contribution in [0.3, 0.4) is 0 Å². The maximum absolute atomic E-state index is 13.2. The van der Waals surface area contributed by atoms with Crippen LogP contribution in [0.25, 0.3) is 0 Å². The van der Waals surface area contributed by atoms with Crippen LogP contribution in [0.2, 0.25) is 0 Å². The number of carboxylic acid groups (broad SMARTS) is 1. The van der Waals surface area contributed by atoms with Crippen LogP contribution in [0.1, 0.15) is 39.5 Å². The van der Waals surface area contributed by atoms with E-state index < -0.39 is 5.97 Å². The number of likely N-dealkylation sites (N-methyl/N-ethyl adjacent to an activating group) is 1. The van der Waals surface area contributed by atoms with Crippen LogP contribution in [0.4, 0.5) is 5.69 Å². The van der Waals surface area contributed by atoms with Crippen LogP contribution in [0.5, 0.6) is 0 Å². The third-order valence-corrected chi connectivity index (χ3v) is 6.21. The molecular weight excluding hydrogens is 410 g/mol. The second-order valence-corrected chi connectivity index (χ2v) is 8.55. The molecule has 0 unspecified atom stereocenters. The fourth-order valence-electron chi connectivity index (χ4n) is 4.40. The molecule has 32 heavy (non-hydrogen) atoms. The largest absolute Gasteiger partial charge is 0.478 e. The van der Waals surface area contributed by atoms with Crippen LogP contribution in [0.15, 0.2) is 42.5 Å². The minimum atomic E-state index is -1.02. The summed E-state index contributed by atoms with van der Waals surface area (Å²) >= 11 is 0. The zero-order valence-electron chi connectivity index (χ0n) is 18.0. The minimum Gasteiger partial charge on any atom is -0.478 e. The maximum Gasteiger partial charge on any atom is 0.335 e. The number of nitrogens with one attached hydrogen (secondary N) is 1. The summed E-state index contributed by atoms with van der Waals surface area (Å²) in [6.07, 6.45) is 0.814. The highest BCUT2D eigenvalue weighted by Gasteiger charge is 2.29. The van der Waals surface area contributed by atoms with Crippen molar-refractivity contribution in [2.45, 2.75) is 31.4 Å². The zero-order valence-corrected chi connectivity index (χ0v) is 18.0. The minimum absolute atomic E-state index is 0.0493. The Morgan fingerprint density at radius 1 is 1.25 bits per heavy atom. The predicted molar refractivity (Wildman–Crippen MR) is 118 cm³/mol. The number of aliphatic hydroxyl groups excluding tert-OH is 1. The molecule has 8 heteroatoms. The average Bonchev–Trinajstić information content (AvgIpc) is 3.35. The van der Waals surface area contributed by atoms with Gasteiger partial charge < -0.3 is 20.4 Å². The maximum atomic E-state index is 13.2. The van der Waals surface area contributed by atoms with E-state index in [0.29, 0.717) is 25.9 Å². The van der Waals surface area contributed by atoms with Gasteiger partial charge in [0.2, 0.25) is 11.8 Å². The first-order valence-electron chi connectivity index (χ1n) is 10.7. The van der Waals surface area contributed by atoms with Gasteiger partial charge in [-0.3, -0.25) is 14.5 Å². The Morgan fingerprint density at radius 2 is 2.06 bits per heavy atom. The van der Waals surface area contributed by atoms with Crippen LogP contribution in [-0.2, 0) is 22.4 Å².